The summed E-state index contributed by atoms with van der Waals surface area (Å²) in [4.78, 5) is 23.8. The number of hydrogen-bond donors (Lipinski definition) is 1. The lowest BCUT2D eigenvalue weighted by molar-refractivity contribution is -0.147. The third kappa shape index (κ3) is 1.57. The maximum atomic E-state index is 11.4. The number of hydrogen-bond acceptors (Lipinski definition) is 3. The van der Waals surface area contributed by atoms with Gasteiger partial charge in [-0.15, -0.1) is 0 Å². The van der Waals surface area contributed by atoms with Crippen molar-refractivity contribution in [3.63, 3.8) is 0 Å². The van der Waals surface area contributed by atoms with E-state index in [0.29, 0.717) is 6.42 Å². The van der Waals surface area contributed by atoms with Crippen LogP contribution in [-0.4, -0.2) is 33.5 Å². The van der Waals surface area contributed by atoms with Crippen molar-refractivity contribution in [3.8, 4) is 0 Å². The summed E-state index contributed by atoms with van der Waals surface area (Å²) in [6.07, 6.45) is 2.26. The van der Waals surface area contributed by atoms with Crippen LogP contribution in [0.15, 0.2) is 12.2 Å². The van der Waals surface area contributed by atoms with Gasteiger partial charge >= 0.3 is 0 Å². The molecule has 0 bridgehead atoms. The lowest BCUT2D eigenvalue weighted by Crippen LogP contribution is -2.54. The van der Waals surface area contributed by atoms with Crippen molar-refractivity contribution in [1.29, 1.82) is 0 Å². The third-order valence-corrected chi connectivity index (χ3v) is 2.59. The Hall–Kier alpha value is -1.16. The van der Waals surface area contributed by atoms with Gasteiger partial charge in [-0.05, 0) is 20.3 Å². The van der Waals surface area contributed by atoms with E-state index < -0.39 is 11.6 Å². The number of rotatable bonds is 3. The topological polar surface area (TPSA) is 57.6 Å². The van der Waals surface area contributed by atoms with Gasteiger partial charge in [0.1, 0.15) is 0 Å². The van der Waals surface area contributed by atoms with Gasteiger partial charge in [-0.2, -0.15) is 0 Å². The van der Waals surface area contributed by atoms with Gasteiger partial charge in [0.05, 0.1) is 11.6 Å². The van der Waals surface area contributed by atoms with Crippen molar-refractivity contribution >= 4 is 11.8 Å². The molecule has 2 amide bonds. The van der Waals surface area contributed by atoms with E-state index in [1.807, 2.05) is 6.92 Å². The highest BCUT2D eigenvalue weighted by molar-refractivity contribution is 6.13. The molecule has 78 valence electrons. The van der Waals surface area contributed by atoms with E-state index in [1.165, 1.54) is 12.2 Å². The SMILES string of the molecule is CCC(O)C(C)(C)N1C(=O)C=CC1=O. The van der Waals surface area contributed by atoms with E-state index in [0.717, 1.165) is 4.90 Å². The molecule has 0 saturated carbocycles. The van der Waals surface area contributed by atoms with Gasteiger partial charge in [-0.25, -0.2) is 0 Å². The first-order chi connectivity index (χ1) is 6.41. The molecule has 1 aliphatic rings. The number of imide groups is 1. The molecule has 1 aliphatic heterocycles. The van der Waals surface area contributed by atoms with Crippen LogP contribution in [-0.2, 0) is 9.59 Å². The van der Waals surface area contributed by atoms with Crippen LogP contribution in [0.2, 0.25) is 0 Å². The largest absolute Gasteiger partial charge is 0.391 e. The first-order valence-electron chi connectivity index (χ1n) is 4.65. The van der Waals surface area contributed by atoms with E-state index in [4.69, 9.17) is 0 Å². The van der Waals surface area contributed by atoms with Crippen LogP contribution >= 0.6 is 0 Å². The Balaban J connectivity index is 2.93. The molecule has 1 rings (SSSR count). The summed E-state index contributed by atoms with van der Waals surface area (Å²) in [7, 11) is 0. The molecule has 1 N–H and O–H groups in total. The summed E-state index contributed by atoms with van der Waals surface area (Å²) >= 11 is 0. The molecule has 0 saturated heterocycles. The summed E-state index contributed by atoms with van der Waals surface area (Å²) in [5.41, 5.74) is -0.841. The summed E-state index contributed by atoms with van der Waals surface area (Å²) < 4.78 is 0. The highest BCUT2D eigenvalue weighted by atomic mass is 16.3. The maximum absolute atomic E-state index is 11.4. The fourth-order valence-electron chi connectivity index (χ4n) is 1.62. The van der Waals surface area contributed by atoms with Gasteiger partial charge in [0.2, 0.25) is 0 Å². The minimum Gasteiger partial charge on any atom is -0.391 e. The van der Waals surface area contributed by atoms with Crippen molar-refractivity contribution in [2.45, 2.75) is 38.8 Å². The normalized spacial score (nSPS) is 19.3. The number of nitrogens with zero attached hydrogens (tertiary/aromatic N) is 1. The molecular weight excluding hydrogens is 182 g/mol. The van der Waals surface area contributed by atoms with E-state index in [9.17, 15) is 14.7 Å². The zero-order valence-corrected chi connectivity index (χ0v) is 8.65. The van der Waals surface area contributed by atoms with Crippen LogP contribution in [0.1, 0.15) is 27.2 Å². The van der Waals surface area contributed by atoms with Crippen LogP contribution in [0.3, 0.4) is 0 Å². The Labute approximate surface area is 83.2 Å². The van der Waals surface area contributed by atoms with Crippen LogP contribution in [0, 0.1) is 0 Å². The highest BCUT2D eigenvalue weighted by Crippen LogP contribution is 2.24. The summed E-state index contributed by atoms with van der Waals surface area (Å²) in [6.45, 7) is 5.18. The first kappa shape index (κ1) is 10.9. The molecule has 0 aliphatic carbocycles. The van der Waals surface area contributed by atoms with Crippen molar-refractivity contribution in [3.05, 3.63) is 12.2 Å². The Kier molecular flexibility index (Phi) is 2.76. The number of carbonyl (C=O) groups excluding carboxylic acids is 2. The molecule has 1 heterocycles. The van der Waals surface area contributed by atoms with Gasteiger partial charge in [-0.3, -0.25) is 14.5 Å². The Bertz CT molecular complexity index is 276. The molecule has 4 nitrogen and oxygen atoms in total. The summed E-state index contributed by atoms with van der Waals surface area (Å²) in [5.74, 6) is -0.708. The molecular formula is C10H15NO3. The van der Waals surface area contributed by atoms with E-state index >= 15 is 0 Å². The zero-order chi connectivity index (χ0) is 10.9. The smallest absolute Gasteiger partial charge is 0.254 e. The molecule has 0 aromatic carbocycles. The molecule has 1 atom stereocenters. The predicted octanol–water partition coefficient (Wildman–Crippen LogP) is 0.461. The van der Waals surface area contributed by atoms with Gasteiger partial charge in [-0.1, -0.05) is 6.92 Å². The molecule has 0 radical (unpaired) electrons. The monoisotopic (exact) mass is 197 g/mol. The van der Waals surface area contributed by atoms with E-state index in [2.05, 4.69) is 0 Å². The first-order valence-corrected chi connectivity index (χ1v) is 4.65. The van der Waals surface area contributed by atoms with Crippen molar-refractivity contribution in [2.75, 3.05) is 0 Å². The maximum Gasteiger partial charge on any atom is 0.254 e. The van der Waals surface area contributed by atoms with Crippen LogP contribution < -0.4 is 0 Å². The van der Waals surface area contributed by atoms with Crippen LogP contribution in [0.25, 0.3) is 0 Å². The highest BCUT2D eigenvalue weighted by Gasteiger charge is 2.41. The Morgan fingerprint density at radius 3 is 2.14 bits per heavy atom. The van der Waals surface area contributed by atoms with Gasteiger partial charge in [0.15, 0.2) is 0 Å². The Morgan fingerprint density at radius 2 is 1.79 bits per heavy atom. The number of aliphatic hydroxyl groups is 1. The summed E-state index contributed by atoms with van der Waals surface area (Å²) in [5, 5.41) is 9.71. The fourth-order valence-corrected chi connectivity index (χ4v) is 1.62. The fraction of sp³-hybridized carbons (Fsp3) is 0.600. The molecule has 0 aromatic heterocycles. The Morgan fingerprint density at radius 1 is 1.36 bits per heavy atom. The quantitative estimate of drug-likeness (QED) is 0.669. The second-order valence-corrected chi connectivity index (χ2v) is 3.92. The second kappa shape index (κ2) is 3.53. The molecule has 14 heavy (non-hydrogen) atoms. The lowest BCUT2D eigenvalue weighted by atomic mass is 9.93. The number of carbonyl (C=O) groups is 2. The van der Waals surface area contributed by atoms with Crippen LogP contribution in [0.5, 0.6) is 0 Å². The van der Waals surface area contributed by atoms with Gasteiger partial charge < -0.3 is 5.11 Å². The number of amides is 2. The second-order valence-electron chi connectivity index (χ2n) is 3.92. The molecule has 4 heteroatoms. The molecule has 0 fully saturated rings. The van der Waals surface area contributed by atoms with Gasteiger partial charge in [0.25, 0.3) is 11.8 Å². The zero-order valence-electron chi connectivity index (χ0n) is 8.65. The van der Waals surface area contributed by atoms with Crippen molar-refractivity contribution in [1.82, 2.24) is 4.90 Å². The van der Waals surface area contributed by atoms with Crippen LogP contribution in [0.4, 0.5) is 0 Å². The molecule has 0 aromatic rings. The lowest BCUT2D eigenvalue weighted by Gasteiger charge is -2.37. The molecule has 1 unspecified atom stereocenters. The average molecular weight is 197 g/mol. The van der Waals surface area contributed by atoms with E-state index in [1.54, 1.807) is 13.8 Å². The van der Waals surface area contributed by atoms with Crippen molar-refractivity contribution < 1.29 is 14.7 Å². The minimum atomic E-state index is -0.841. The standard InChI is InChI=1S/C10H15NO3/c1-4-7(12)10(2,3)11-8(13)5-6-9(11)14/h5-7,12H,4H2,1-3H3. The van der Waals surface area contributed by atoms with E-state index in [-0.39, 0.29) is 11.8 Å². The van der Waals surface area contributed by atoms with Gasteiger partial charge in [0, 0.05) is 12.2 Å². The third-order valence-electron chi connectivity index (χ3n) is 2.59. The minimum absolute atomic E-state index is 0.354. The molecule has 0 spiro atoms. The van der Waals surface area contributed by atoms with Crippen molar-refractivity contribution in [2.24, 2.45) is 0 Å². The average Bonchev–Trinajstić information content (AvgIpc) is 2.44. The summed E-state index contributed by atoms with van der Waals surface area (Å²) in [6, 6.07) is 0. The predicted molar refractivity (Wildman–Crippen MR) is 51.4 cm³/mol. The number of aliphatic hydroxyl groups excluding tert-OH is 1.